The van der Waals surface area contributed by atoms with Gasteiger partial charge in [-0.05, 0) is 55.5 Å². The van der Waals surface area contributed by atoms with Crippen molar-refractivity contribution in [3.63, 3.8) is 0 Å². The normalized spacial score (nSPS) is 21.4. The third kappa shape index (κ3) is 7.28. The highest BCUT2D eigenvalue weighted by atomic mass is 19.1. The number of aliphatic hydroxyl groups excluding tert-OH is 1. The first-order chi connectivity index (χ1) is 28.0. The highest BCUT2D eigenvalue weighted by Gasteiger charge is 2.39. The van der Waals surface area contributed by atoms with Crippen LogP contribution in [0.15, 0.2) is 48.8 Å². The lowest BCUT2D eigenvalue weighted by atomic mass is 10.0. The van der Waals surface area contributed by atoms with E-state index in [0.29, 0.717) is 65.7 Å². The van der Waals surface area contributed by atoms with E-state index in [1.807, 2.05) is 49.9 Å². The quantitative estimate of drug-likeness (QED) is 0.0893. The summed E-state index contributed by atoms with van der Waals surface area (Å²) in [6, 6.07) is 9.99. The highest BCUT2D eigenvalue weighted by Crippen LogP contribution is 2.47. The number of fused-ring (bicyclic) bond motifs is 5. The van der Waals surface area contributed by atoms with Crippen LogP contribution in [-0.4, -0.2) is 90.1 Å². The molecule has 2 aromatic carbocycles. The van der Waals surface area contributed by atoms with Gasteiger partial charge in [-0.1, -0.05) is 40.2 Å². The van der Waals surface area contributed by atoms with E-state index >= 15 is 4.39 Å². The van der Waals surface area contributed by atoms with Crippen LogP contribution in [-0.2, 0) is 14.3 Å². The maximum atomic E-state index is 16.4. The van der Waals surface area contributed by atoms with Crippen LogP contribution in [0.3, 0.4) is 0 Å². The SMILES string of the molecule is CCCC(=O)N1C[C@H](F)C[C@H]1c1ncc(-c2cc(F)c3c(c2)OC(CCC)n2c-3cc3cc(-c4cnc([C@@H]5CCCN5C(=O)[C@@H](NC(O)OC)C(C)C)[nH]4)ccc32)[nH]1. The number of carbonyl (C=O) groups excluding carboxylic acids is 2. The van der Waals surface area contributed by atoms with Crippen LogP contribution in [0.1, 0.15) is 103 Å². The smallest absolute Gasteiger partial charge is 0.240 e. The number of hydrogen-bond acceptors (Lipinski definition) is 8. The lowest BCUT2D eigenvalue weighted by Gasteiger charge is -2.31. The maximum absolute atomic E-state index is 16.4. The second-order valence-electron chi connectivity index (χ2n) is 16.0. The van der Waals surface area contributed by atoms with Crippen molar-refractivity contribution in [1.29, 1.82) is 0 Å². The fraction of sp³-hybridized carbons (Fsp3) is 0.488. The molecule has 3 aliphatic heterocycles. The van der Waals surface area contributed by atoms with E-state index in [2.05, 4.69) is 37.8 Å². The van der Waals surface area contributed by atoms with Gasteiger partial charge in [0.2, 0.25) is 18.2 Å². The van der Waals surface area contributed by atoms with Crippen LogP contribution in [0.2, 0.25) is 0 Å². The number of hydrogen-bond donors (Lipinski definition) is 4. The Morgan fingerprint density at radius 1 is 1.02 bits per heavy atom. The number of amides is 2. The summed E-state index contributed by atoms with van der Waals surface area (Å²) >= 11 is 0. The molecule has 0 radical (unpaired) electrons. The monoisotopic (exact) mass is 798 g/mol. The molecule has 2 saturated heterocycles. The zero-order chi connectivity index (χ0) is 40.8. The highest BCUT2D eigenvalue weighted by molar-refractivity contribution is 5.92. The summed E-state index contributed by atoms with van der Waals surface area (Å²) in [5, 5.41) is 13.9. The number of H-pyrrole nitrogens is 2. The predicted molar refractivity (Wildman–Crippen MR) is 214 cm³/mol. The summed E-state index contributed by atoms with van der Waals surface area (Å²) in [5.74, 6) is 0.848. The van der Waals surface area contributed by atoms with Gasteiger partial charge >= 0.3 is 0 Å². The Morgan fingerprint density at radius 2 is 1.76 bits per heavy atom. The van der Waals surface area contributed by atoms with Gasteiger partial charge < -0.3 is 38.9 Å². The average molecular weight is 799 g/mol. The van der Waals surface area contributed by atoms with Crippen LogP contribution in [0.25, 0.3) is 44.7 Å². The predicted octanol–water partition coefficient (Wildman–Crippen LogP) is 7.53. The third-order valence-corrected chi connectivity index (χ3v) is 11.7. The topological polar surface area (TPSA) is 154 Å². The maximum Gasteiger partial charge on any atom is 0.240 e. The molecule has 13 nitrogen and oxygen atoms in total. The number of carbonyl (C=O) groups is 2. The Morgan fingerprint density at radius 3 is 2.47 bits per heavy atom. The lowest BCUT2D eigenvalue weighted by Crippen LogP contribution is -2.52. The molecule has 0 bridgehead atoms. The summed E-state index contributed by atoms with van der Waals surface area (Å²) in [6.45, 7) is 8.48. The molecule has 6 atom stereocenters. The molecule has 0 aliphatic carbocycles. The van der Waals surface area contributed by atoms with E-state index in [1.54, 1.807) is 17.3 Å². The van der Waals surface area contributed by atoms with Gasteiger partial charge in [0.25, 0.3) is 0 Å². The first kappa shape index (κ1) is 39.7. The molecular weight excluding hydrogens is 747 g/mol. The Labute approximate surface area is 336 Å². The number of halogens is 2. The number of rotatable bonds is 13. The molecule has 0 spiro atoms. The van der Waals surface area contributed by atoms with Crippen molar-refractivity contribution in [2.45, 2.75) is 110 Å². The van der Waals surface area contributed by atoms with Crippen molar-refractivity contribution in [2.24, 2.45) is 5.92 Å². The van der Waals surface area contributed by atoms with Crippen LogP contribution in [0.5, 0.6) is 5.75 Å². The summed E-state index contributed by atoms with van der Waals surface area (Å²) < 4.78 is 44.6. The van der Waals surface area contributed by atoms with Crippen LogP contribution < -0.4 is 10.1 Å². The van der Waals surface area contributed by atoms with Gasteiger partial charge in [-0.15, -0.1) is 0 Å². The number of alkyl halides is 1. The number of benzene rings is 2. The van der Waals surface area contributed by atoms with E-state index < -0.39 is 30.5 Å². The summed E-state index contributed by atoms with van der Waals surface area (Å²) in [5.41, 5.74) is 4.77. The minimum Gasteiger partial charge on any atom is -0.469 e. The van der Waals surface area contributed by atoms with Gasteiger partial charge in [-0.3, -0.25) is 14.9 Å². The number of aliphatic hydroxyl groups is 1. The molecule has 4 N–H and O–H groups in total. The Bertz CT molecular complexity index is 2300. The van der Waals surface area contributed by atoms with Crippen molar-refractivity contribution >= 4 is 22.7 Å². The van der Waals surface area contributed by atoms with E-state index in [1.165, 1.54) is 13.2 Å². The van der Waals surface area contributed by atoms with Crippen molar-refractivity contribution < 1.29 is 33.0 Å². The number of ether oxygens (including phenoxy) is 2. The minimum atomic E-state index is -1.25. The fourth-order valence-electron chi connectivity index (χ4n) is 8.87. The van der Waals surface area contributed by atoms with Gasteiger partial charge in [0.1, 0.15) is 29.4 Å². The largest absolute Gasteiger partial charge is 0.469 e. The van der Waals surface area contributed by atoms with Crippen LogP contribution in [0.4, 0.5) is 8.78 Å². The van der Waals surface area contributed by atoms with E-state index in [4.69, 9.17) is 14.5 Å². The van der Waals surface area contributed by atoms with E-state index in [-0.39, 0.29) is 43.0 Å². The van der Waals surface area contributed by atoms with Gasteiger partial charge in [0, 0.05) is 49.4 Å². The van der Waals surface area contributed by atoms with Crippen molar-refractivity contribution in [2.75, 3.05) is 20.2 Å². The number of nitrogens with one attached hydrogen (secondary N) is 3. The molecule has 3 aromatic heterocycles. The standard InChI is InChI=1S/C43H52F2N8O5/c1-6-9-36(54)52-22-27(44)19-34(52)41-47-21-30(49-41)25-16-28(45)38-33-17-26-15-24(12-13-31(26)53(33)37(10-7-2)58-35(38)18-25)29-20-46-40(48-29)32-11-8-14-51(32)42(55)39(23(3)4)50-43(56)57-5/h12-13,15-18,20-21,23,27,32,34,37,39,43,50,56H,6-11,14,19,22H2,1-5H3,(H,46,48)(H,47,49)/t27-,32+,34+,37?,39+,43?/m1/s1. The summed E-state index contributed by atoms with van der Waals surface area (Å²) in [7, 11) is 1.38. The molecule has 2 unspecified atom stereocenters. The van der Waals surface area contributed by atoms with Gasteiger partial charge in [0.05, 0.1) is 65.2 Å². The van der Waals surface area contributed by atoms with Crippen molar-refractivity contribution in [3.05, 3.63) is 66.3 Å². The van der Waals surface area contributed by atoms with Crippen molar-refractivity contribution in [3.8, 4) is 39.5 Å². The minimum absolute atomic E-state index is 0.0412. The summed E-state index contributed by atoms with van der Waals surface area (Å²) in [4.78, 5) is 45.9. The average Bonchev–Trinajstić information content (AvgIpc) is 4.05. The molecule has 2 amide bonds. The van der Waals surface area contributed by atoms with Gasteiger partial charge in [-0.25, -0.2) is 18.7 Å². The van der Waals surface area contributed by atoms with Gasteiger partial charge in [-0.2, -0.15) is 0 Å². The van der Waals surface area contributed by atoms with Crippen LogP contribution >= 0.6 is 0 Å². The molecular formula is C43H52F2N8O5. The van der Waals surface area contributed by atoms with Crippen LogP contribution in [0, 0.1) is 11.7 Å². The Balaban J connectivity index is 1.08. The molecule has 5 aromatic rings. The zero-order valence-electron chi connectivity index (χ0n) is 33.6. The number of aromatic nitrogens is 5. The number of methoxy groups -OCH3 is 1. The molecule has 6 heterocycles. The van der Waals surface area contributed by atoms with E-state index in [0.717, 1.165) is 41.4 Å². The molecule has 308 valence electrons. The van der Waals surface area contributed by atoms with Gasteiger partial charge in [0.15, 0.2) is 6.23 Å². The number of imidazole rings is 2. The second kappa shape index (κ2) is 16.3. The number of likely N-dealkylation sites (tertiary alicyclic amines) is 2. The second-order valence-corrected chi connectivity index (χ2v) is 16.0. The molecule has 58 heavy (non-hydrogen) atoms. The molecule has 15 heteroatoms. The van der Waals surface area contributed by atoms with E-state index in [9.17, 15) is 19.1 Å². The number of nitrogens with zero attached hydrogens (tertiary/aromatic N) is 5. The molecule has 0 saturated carbocycles. The zero-order valence-corrected chi connectivity index (χ0v) is 33.6. The first-order valence-corrected chi connectivity index (χ1v) is 20.5. The third-order valence-electron chi connectivity index (χ3n) is 11.7. The number of aromatic amines is 2. The lowest BCUT2D eigenvalue weighted by molar-refractivity contribution is -0.145. The van der Waals surface area contributed by atoms with Crippen molar-refractivity contribution in [1.82, 2.24) is 39.6 Å². The fourth-order valence-corrected chi connectivity index (χ4v) is 8.87. The summed E-state index contributed by atoms with van der Waals surface area (Å²) in [6.07, 6.45) is 4.93. The molecule has 2 fully saturated rings. The first-order valence-electron chi connectivity index (χ1n) is 20.5. The molecule has 3 aliphatic rings. The molecule has 8 rings (SSSR count). The Kier molecular flexibility index (Phi) is 11.1. The Hall–Kier alpha value is -5.12.